The minimum atomic E-state index is 0.203. The molecule has 1 aliphatic carbocycles. The molecule has 0 saturated heterocycles. The summed E-state index contributed by atoms with van der Waals surface area (Å²) in [6, 6.07) is 0. The average molecular weight is 242 g/mol. The quantitative estimate of drug-likeness (QED) is 0.700. The normalized spacial score (nSPS) is 22.4. The van der Waals surface area contributed by atoms with Gasteiger partial charge >= 0.3 is 0 Å². The summed E-state index contributed by atoms with van der Waals surface area (Å²) in [5, 5.41) is 9.23. The highest BCUT2D eigenvalue weighted by Crippen LogP contribution is 2.32. The van der Waals surface area contributed by atoms with Crippen LogP contribution in [-0.4, -0.2) is 41.8 Å². The van der Waals surface area contributed by atoms with Gasteiger partial charge in [-0.2, -0.15) is 0 Å². The summed E-state index contributed by atoms with van der Waals surface area (Å²) in [6.07, 6.45) is 7.79. The highest BCUT2D eigenvalue weighted by atomic mass is 16.3. The van der Waals surface area contributed by atoms with E-state index in [9.17, 15) is 5.11 Å². The van der Waals surface area contributed by atoms with Crippen molar-refractivity contribution in [3.8, 4) is 0 Å². The monoisotopic (exact) mass is 242 g/mol. The van der Waals surface area contributed by atoms with Crippen LogP contribution in [-0.2, 0) is 0 Å². The van der Waals surface area contributed by atoms with Gasteiger partial charge in [-0.25, -0.2) is 0 Å². The molecule has 3 N–H and O–H groups in total. The SMILES string of the molecule is CCN(CC(C)CO)C1(CN)CCCCCC1. The summed E-state index contributed by atoms with van der Waals surface area (Å²) in [5.41, 5.74) is 6.30. The molecular weight excluding hydrogens is 212 g/mol. The fourth-order valence-corrected chi connectivity index (χ4v) is 3.13. The molecule has 3 nitrogen and oxygen atoms in total. The molecule has 0 spiro atoms. The van der Waals surface area contributed by atoms with E-state index in [1.807, 2.05) is 0 Å². The number of aliphatic hydroxyl groups is 1. The second kappa shape index (κ2) is 7.34. The molecular formula is C14H30N2O. The Bertz CT molecular complexity index is 200. The summed E-state index contributed by atoms with van der Waals surface area (Å²) in [6.45, 7) is 7.39. The number of aliphatic hydroxyl groups excluding tert-OH is 1. The van der Waals surface area contributed by atoms with Gasteiger partial charge in [0.15, 0.2) is 0 Å². The zero-order chi connectivity index (χ0) is 12.7. The zero-order valence-electron chi connectivity index (χ0n) is 11.6. The van der Waals surface area contributed by atoms with Gasteiger partial charge in [0.05, 0.1) is 0 Å². The maximum absolute atomic E-state index is 9.23. The summed E-state index contributed by atoms with van der Waals surface area (Å²) in [5.74, 6) is 0.349. The van der Waals surface area contributed by atoms with Gasteiger partial charge < -0.3 is 10.8 Å². The number of likely N-dealkylation sites (N-methyl/N-ethyl adjacent to an activating group) is 1. The molecule has 0 radical (unpaired) electrons. The lowest BCUT2D eigenvalue weighted by atomic mass is 9.87. The fraction of sp³-hybridized carbons (Fsp3) is 1.00. The smallest absolute Gasteiger partial charge is 0.0468 e. The first-order chi connectivity index (χ1) is 8.18. The lowest BCUT2D eigenvalue weighted by Crippen LogP contribution is -2.55. The van der Waals surface area contributed by atoms with Crippen LogP contribution in [0.15, 0.2) is 0 Å². The van der Waals surface area contributed by atoms with Gasteiger partial charge in [-0.3, -0.25) is 4.90 Å². The molecule has 1 rings (SSSR count). The molecule has 1 unspecified atom stereocenters. The van der Waals surface area contributed by atoms with Crippen LogP contribution in [0.3, 0.4) is 0 Å². The molecule has 1 atom stereocenters. The Morgan fingerprint density at radius 3 is 2.24 bits per heavy atom. The molecule has 0 aromatic carbocycles. The maximum Gasteiger partial charge on any atom is 0.0468 e. The Morgan fingerprint density at radius 1 is 1.24 bits per heavy atom. The average Bonchev–Trinajstić information content (AvgIpc) is 2.61. The second-order valence-electron chi connectivity index (χ2n) is 5.67. The topological polar surface area (TPSA) is 49.5 Å². The Kier molecular flexibility index (Phi) is 6.45. The third-order valence-corrected chi connectivity index (χ3v) is 4.31. The minimum Gasteiger partial charge on any atom is -0.396 e. The predicted octanol–water partition coefficient (Wildman–Crippen LogP) is 1.99. The van der Waals surface area contributed by atoms with Crippen LogP contribution >= 0.6 is 0 Å². The van der Waals surface area contributed by atoms with E-state index in [4.69, 9.17) is 5.73 Å². The second-order valence-corrected chi connectivity index (χ2v) is 5.67. The van der Waals surface area contributed by atoms with Crippen molar-refractivity contribution in [3.63, 3.8) is 0 Å². The maximum atomic E-state index is 9.23. The van der Waals surface area contributed by atoms with E-state index in [-0.39, 0.29) is 12.1 Å². The molecule has 1 fully saturated rings. The number of rotatable bonds is 6. The van der Waals surface area contributed by atoms with Gasteiger partial charge in [0, 0.05) is 25.2 Å². The molecule has 3 heteroatoms. The summed E-state index contributed by atoms with van der Waals surface area (Å²) < 4.78 is 0. The molecule has 0 bridgehead atoms. The summed E-state index contributed by atoms with van der Waals surface area (Å²) >= 11 is 0. The minimum absolute atomic E-state index is 0.203. The van der Waals surface area contributed by atoms with E-state index < -0.39 is 0 Å². The van der Waals surface area contributed by atoms with E-state index in [0.717, 1.165) is 19.6 Å². The largest absolute Gasteiger partial charge is 0.396 e. The van der Waals surface area contributed by atoms with Crippen molar-refractivity contribution in [1.29, 1.82) is 0 Å². The van der Waals surface area contributed by atoms with Crippen LogP contribution in [0.5, 0.6) is 0 Å². The first-order valence-corrected chi connectivity index (χ1v) is 7.24. The molecule has 0 aromatic rings. The van der Waals surface area contributed by atoms with Crippen LogP contribution in [0.4, 0.5) is 0 Å². The lowest BCUT2D eigenvalue weighted by molar-refractivity contribution is 0.0573. The van der Waals surface area contributed by atoms with E-state index in [1.165, 1.54) is 38.5 Å². The van der Waals surface area contributed by atoms with Crippen LogP contribution < -0.4 is 5.73 Å². The molecule has 17 heavy (non-hydrogen) atoms. The standard InChI is InChI=1S/C14H30N2O/c1-3-16(10-13(2)11-17)14(12-15)8-6-4-5-7-9-14/h13,17H,3-12,15H2,1-2H3. The third-order valence-electron chi connectivity index (χ3n) is 4.31. The van der Waals surface area contributed by atoms with Gasteiger partial charge in [-0.05, 0) is 25.3 Å². The van der Waals surface area contributed by atoms with Crippen LogP contribution in [0.1, 0.15) is 52.4 Å². The first kappa shape index (κ1) is 14.9. The lowest BCUT2D eigenvalue weighted by Gasteiger charge is -2.44. The number of hydrogen-bond donors (Lipinski definition) is 2. The fourth-order valence-electron chi connectivity index (χ4n) is 3.13. The predicted molar refractivity (Wildman–Crippen MR) is 73.0 cm³/mol. The Hall–Kier alpha value is -0.120. The van der Waals surface area contributed by atoms with E-state index in [0.29, 0.717) is 5.92 Å². The number of hydrogen-bond acceptors (Lipinski definition) is 3. The highest BCUT2D eigenvalue weighted by Gasteiger charge is 2.35. The van der Waals surface area contributed by atoms with Crippen molar-refractivity contribution < 1.29 is 5.11 Å². The van der Waals surface area contributed by atoms with E-state index in [1.54, 1.807) is 0 Å². The van der Waals surface area contributed by atoms with Gasteiger partial charge in [0.1, 0.15) is 0 Å². The van der Waals surface area contributed by atoms with Crippen LogP contribution in [0.2, 0.25) is 0 Å². The number of nitrogens with zero attached hydrogens (tertiary/aromatic N) is 1. The molecule has 1 saturated carbocycles. The van der Waals surface area contributed by atoms with E-state index >= 15 is 0 Å². The van der Waals surface area contributed by atoms with Crippen molar-refractivity contribution in [2.75, 3.05) is 26.2 Å². The van der Waals surface area contributed by atoms with Crippen molar-refractivity contribution in [1.82, 2.24) is 4.90 Å². The molecule has 1 aliphatic rings. The van der Waals surface area contributed by atoms with Crippen molar-refractivity contribution >= 4 is 0 Å². The Morgan fingerprint density at radius 2 is 1.82 bits per heavy atom. The molecule has 0 heterocycles. The van der Waals surface area contributed by atoms with Crippen LogP contribution in [0.25, 0.3) is 0 Å². The third kappa shape index (κ3) is 3.94. The van der Waals surface area contributed by atoms with Gasteiger partial charge in [-0.15, -0.1) is 0 Å². The first-order valence-electron chi connectivity index (χ1n) is 7.24. The Balaban J connectivity index is 2.71. The summed E-state index contributed by atoms with van der Waals surface area (Å²) in [7, 11) is 0. The van der Waals surface area contributed by atoms with Gasteiger partial charge in [0.25, 0.3) is 0 Å². The van der Waals surface area contributed by atoms with Crippen molar-refractivity contribution in [2.45, 2.75) is 57.9 Å². The molecule has 0 aliphatic heterocycles. The molecule has 0 amide bonds. The zero-order valence-corrected chi connectivity index (χ0v) is 11.6. The Labute approximate surface area is 106 Å². The number of nitrogens with two attached hydrogens (primary N) is 1. The van der Waals surface area contributed by atoms with Gasteiger partial charge in [-0.1, -0.05) is 39.5 Å². The molecule has 0 aromatic heterocycles. The highest BCUT2D eigenvalue weighted by molar-refractivity contribution is 4.93. The van der Waals surface area contributed by atoms with Gasteiger partial charge in [0.2, 0.25) is 0 Å². The van der Waals surface area contributed by atoms with E-state index in [2.05, 4.69) is 18.7 Å². The molecule has 102 valence electrons. The summed E-state index contributed by atoms with van der Waals surface area (Å²) in [4.78, 5) is 2.53. The van der Waals surface area contributed by atoms with Crippen molar-refractivity contribution in [3.05, 3.63) is 0 Å². The van der Waals surface area contributed by atoms with Crippen molar-refractivity contribution in [2.24, 2.45) is 11.7 Å². The van der Waals surface area contributed by atoms with Crippen LogP contribution in [0, 0.1) is 5.92 Å².